The molecule has 4 unspecified atom stereocenters. The molecular weight excluding hydrogens is 372 g/mol. The first-order chi connectivity index (χ1) is 15.0. The van der Waals surface area contributed by atoms with Gasteiger partial charge < -0.3 is 0 Å². The van der Waals surface area contributed by atoms with Gasteiger partial charge in [0.05, 0.1) is 0 Å². The Kier molecular flexibility index (Phi) is 5.40. The molecule has 0 nitrogen and oxygen atoms in total. The molecule has 31 heavy (non-hydrogen) atoms. The molecular formula is C31H40. The molecule has 0 spiro atoms. The van der Waals surface area contributed by atoms with Gasteiger partial charge in [-0.25, -0.2) is 0 Å². The van der Waals surface area contributed by atoms with Gasteiger partial charge in [-0.05, 0) is 109 Å². The van der Waals surface area contributed by atoms with Crippen LogP contribution in [0, 0.1) is 22.7 Å². The van der Waals surface area contributed by atoms with Crippen molar-refractivity contribution in [3.05, 3.63) is 70.8 Å². The molecule has 5 rings (SSSR count). The van der Waals surface area contributed by atoms with Crippen LogP contribution >= 0.6 is 0 Å². The lowest BCUT2D eigenvalue weighted by atomic mass is 9.53. The lowest BCUT2D eigenvalue weighted by molar-refractivity contribution is 0.0703. The van der Waals surface area contributed by atoms with E-state index in [0.29, 0.717) is 16.7 Å². The van der Waals surface area contributed by atoms with E-state index in [9.17, 15) is 0 Å². The summed E-state index contributed by atoms with van der Waals surface area (Å²) >= 11 is 0. The molecule has 1 aromatic rings. The summed E-state index contributed by atoms with van der Waals surface area (Å²) in [5.41, 5.74) is 8.32. The minimum absolute atomic E-state index is 0.359. The van der Waals surface area contributed by atoms with Crippen molar-refractivity contribution in [2.75, 3.05) is 0 Å². The van der Waals surface area contributed by atoms with Crippen molar-refractivity contribution >= 4 is 12.2 Å². The minimum atomic E-state index is 0.359. The summed E-state index contributed by atoms with van der Waals surface area (Å²) in [4.78, 5) is 0. The van der Waals surface area contributed by atoms with Crippen molar-refractivity contribution in [1.29, 1.82) is 0 Å². The third-order valence-corrected chi connectivity index (χ3v) is 9.75. The first-order valence-electron chi connectivity index (χ1n) is 12.8. The molecule has 0 amide bonds. The van der Waals surface area contributed by atoms with E-state index in [1.807, 2.05) is 6.08 Å². The fourth-order valence-electron chi connectivity index (χ4n) is 8.04. The number of allylic oxidation sites excluding steroid dienone is 5. The van der Waals surface area contributed by atoms with E-state index < -0.39 is 0 Å². The van der Waals surface area contributed by atoms with Gasteiger partial charge in [0.2, 0.25) is 0 Å². The van der Waals surface area contributed by atoms with Crippen LogP contribution in [0.1, 0.15) is 101 Å². The molecule has 164 valence electrons. The zero-order valence-electron chi connectivity index (χ0n) is 19.9. The average molecular weight is 413 g/mol. The summed E-state index contributed by atoms with van der Waals surface area (Å²) in [5.74, 6) is 2.32. The van der Waals surface area contributed by atoms with Crippen LogP contribution < -0.4 is 0 Å². The van der Waals surface area contributed by atoms with Crippen LogP contribution in [0.5, 0.6) is 0 Å². The summed E-state index contributed by atoms with van der Waals surface area (Å²) in [6.45, 7) is 11.4. The molecule has 1 aromatic carbocycles. The van der Waals surface area contributed by atoms with Gasteiger partial charge >= 0.3 is 0 Å². The van der Waals surface area contributed by atoms with E-state index >= 15 is 0 Å². The fourth-order valence-corrected chi connectivity index (χ4v) is 8.04. The van der Waals surface area contributed by atoms with E-state index in [1.165, 1.54) is 74.5 Å². The first-order valence-corrected chi connectivity index (χ1v) is 12.8. The Morgan fingerprint density at radius 1 is 1.03 bits per heavy atom. The van der Waals surface area contributed by atoms with Crippen LogP contribution in [-0.4, -0.2) is 0 Å². The first kappa shape index (κ1) is 21.0. The van der Waals surface area contributed by atoms with Gasteiger partial charge in [-0.1, -0.05) is 81.0 Å². The van der Waals surface area contributed by atoms with Crippen LogP contribution in [0.15, 0.2) is 54.2 Å². The molecule has 0 aromatic heterocycles. The lowest BCUT2D eigenvalue weighted by Crippen LogP contribution is -2.42. The molecule has 5 atom stereocenters. The summed E-state index contributed by atoms with van der Waals surface area (Å²) in [6.07, 6.45) is 24.1. The summed E-state index contributed by atoms with van der Waals surface area (Å²) in [7, 11) is 0. The van der Waals surface area contributed by atoms with E-state index in [2.05, 4.69) is 69.9 Å². The van der Waals surface area contributed by atoms with Crippen molar-refractivity contribution < 1.29 is 0 Å². The smallest absolute Gasteiger partial charge is 0.00445 e. The number of fused-ring (bicyclic) bond motifs is 4. The highest BCUT2D eigenvalue weighted by Gasteiger charge is 2.56. The minimum Gasteiger partial charge on any atom is -0.0984 e. The molecule has 4 aliphatic rings. The summed E-state index contributed by atoms with van der Waals surface area (Å²) in [5, 5.41) is 0. The van der Waals surface area contributed by atoms with Gasteiger partial charge in [0.15, 0.2) is 0 Å². The molecule has 4 aliphatic carbocycles. The van der Waals surface area contributed by atoms with Gasteiger partial charge in [-0.3, -0.25) is 0 Å². The van der Waals surface area contributed by atoms with Crippen LogP contribution in [0.3, 0.4) is 0 Å². The molecule has 0 heterocycles. The quantitative estimate of drug-likeness (QED) is 0.464. The maximum absolute atomic E-state index is 4.10. The highest BCUT2D eigenvalue weighted by atomic mass is 14.6. The topological polar surface area (TPSA) is 0 Å². The molecule has 2 saturated carbocycles. The number of hydrogen-bond donors (Lipinski definition) is 0. The Morgan fingerprint density at radius 3 is 2.71 bits per heavy atom. The van der Waals surface area contributed by atoms with Crippen molar-refractivity contribution in [2.24, 2.45) is 22.7 Å². The fraction of sp³-hybridized carbons (Fsp3) is 0.548. The maximum Gasteiger partial charge on any atom is -0.00445 e. The van der Waals surface area contributed by atoms with Gasteiger partial charge in [0, 0.05) is 0 Å². The predicted molar refractivity (Wildman–Crippen MR) is 135 cm³/mol. The third kappa shape index (κ3) is 3.33. The van der Waals surface area contributed by atoms with Crippen molar-refractivity contribution in [2.45, 2.75) is 84.5 Å². The van der Waals surface area contributed by atoms with Gasteiger partial charge in [-0.2, -0.15) is 0 Å². The maximum atomic E-state index is 4.10. The highest BCUT2D eigenvalue weighted by Crippen LogP contribution is 2.67. The lowest BCUT2D eigenvalue weighted by Gasteiger charge is -2.50. The second kappa shape index (κ2) is 7.95. The Morgan fingerprint density at radius 2 is 1.90 bits per heavy atom. The average Bonchev–Trinajstić information content (AvgIpc) is 3.06. The normalized spacial score (nSPS) is 37.3. The Hall–Kier alpha value is -1.82. The standard InChI is InChI=1S/C31H40/c1-5-9-23-12-13-26(20-22(23)6-2)28-14-15-29-30(3)18-16-24-10-7-8-11-25(24)21-27(30)17-19-31(28,29)4/h5-6,9,12-13,17,20-21,24,28-29H,2,7-8,10-11,14-16,18-19H2,1,3-4H3/b9-5-/t24?,28?,29?,30-,31?/m0/s1. The van der Waals surface area contributed by atoms with Crippen LogP contribution in [0.25, 0.3) is 12.2 Å². The van der Waals surface area contributed by atoms with Crippen molar-refractivity contribution in [3.8, 4) is 0 Å². The van der Waals surface area contributed by atoms with Gasteiger partial charge in [0.1, 0.15) is 0 Å². The Bertz CT molecular complexity index is 956. The number of rotatable bonds is 3. The second-order valence-corrected chi connectivity index (χ2v) is 11.3. The predicted octanol–water partition coefficient (Wildman–Crippen LogP) is 9.11. The molecule has 2 fully saturated rings. The van der Waals surface area contributed by atoms with Crippen LogP contribution in [0.4, 0.5) is 0 Å². The van der Waals surface area contributed by atoms with Crippen LogP contribution in [0.2, 0.25) is 0 Å². The molecule has 0 aliphatic heterocycles. The monoisotopic (exact) mass is 412 g/mol. The van der Waals surface area contributed by atoms with Gasteiger partial charge in [0.25, 0.3) is 0 Å². The van der Waals surface area contributed by atoms with E-state index in [1.54, 1.807) is 11.1 Å². The number of benzene rings is 1. The highest BCUT2D eigenvalue weighted by molar-refractivity contribution is 5.65. The molecule has 0 saturated heterocycles. The number of hydrogen-bond acceptors (Lipinski definition) is 0. The van der Waals surface area contributed by atoms with E-state index in [-0.39, 0.29) is 0 Å². The van der Waals surface area contributed by atoms with E-state index in [4.69, 9.17) is 0 Å². The molecule has 0 heteroatoms. The Balaban J connectivity index is 1.50. The summed E-state index contributed by atoms with van der Waals surface area (Å²) in [6, 6.07) is 7.16. The van der Waals surface area contributed by atoms with Gasteiger partial charge in [-0.15, -0.1) is 0 Å². The zero-order chi connectivity index (χ0) is 21.6. The van der Waals surface area contributed by atoms with Crippen LogP contribution in [-0.2, 0) is 0 Å². The molecule has 0 bridgehead atoms. The van der Waals surface area contributed by atoms with Crippen molar-refractivity contribution in [1.82, 2.24) is 0 Å². The van der Waals surface area contributed by atoms with Crippen molar-refractivity contribution in [3.63, 3.8) is 0 Å². The summed E-state index contributed by atoms with van der Waals surface area (Å²) < 4.78 is 0. The Labute approximate surface area is 190 Å². The van der Waals surface area contributed by atoms with E-state index in [0.717, 1.165) is 11.8 Å². The molecule has 0 radical (unpaired) electrons. The molecule has 0 N–H and O–H groups in total. The SMILES string of the molecule is C=Cc1cc(C2CCC3C2(C)CC=C2C=C4CCCCC4CC[C@@]23C)ccc1/C=C\C. The zero-order valence-corrected chi connectivity index (χ0v) is 19.9. The second-order valence-electron chi connectivity index (χ2n) is 11.3. The largest absolute Gasteiger partial charge is 0.0984 e. The third-order valence-electron chi connectivity index (χ3n) is 9.75.